The maximum Gasteiger partial charge on any atom is 0.251 e. The summed E-state index contributed by atoms with van der Waals surface area (Å²) >= 11 is 0. The highest BCUT2D eigenvalue weighted by Gasteiger charge is 2.13. The molecule has 5 nitrogen and oxygen atoms in total. The molecule has 0 fully saturated rings. The molecule has 0 radical (unpaired) electrons. The lowest BCUT2D eigenvalue weighted by Crippen LogP contribution is -2.22. The van der Waals surface area contributed by atoms with Gasteiger partial charge >= 0.3 is 0 Å². The number of aliphatic hydroxyl groups is 1. The van der Waals surface area contributed by atoms with E-state index in [1.807, 2.05) is 19.1 Å². The number of carbonyl (C=O) groups is 1. The molecule has 0 aliphatic rings. The van der Waals surface area contributed by atoms with Gasteiger partial charge in [-0.05, 0) is 36.8 Å². The van der Waals surface area contributed by atoms with E-state index in [2.05, 4.69) is 5.32 Å². The molecule has 0 spiro atoms. The molecule has 23 heavy (non-hydrogen) atoms. The summed E-state index contributed by atoms with van der Waals surface area (Å²) in [6.07, 6.45) is 0. The molecule has 0 unspecified atom stereocenters. The number of rotatable bonds is 6. The number of hydrogen-bond acceptors (Lipinski definition) is 4. The van der Waals surface area contributed by atoms with E-state index < -0.39 is 16.4 Å². The maximum absolute atomic E-state index is 12.0. The topological polar surface area (TPSA) is 83.5 Å². The van der Waals surface area contributed by atoms with Crippen LogP contribution in [0.2, 0.25) is 0 Å². The van der Waals surface area contributed by atoms with E-state index in [1.165, 1.54) is 12.1 Å². The lowest BCUT2D eigenvalue weighted by atomic mass is 10.1. The molecule has 2 N–H and O–H groups in total. The second-order valence-corrected chi connectivity index (χ2v) is 7.34. The Bertz CT molecular complexity index is 765. The Hall–Kier alpha value is -2.18. The van der Waals surface area contributed by atoms with Crippen molar-refractivity contribution in [3.63, 3.8) is 0 Å². The number of amides is 1. The smallest absolute Gasteiger partial charge is 0.251 e. The minimum atomic E-state index is -3.44. The largest absolute Gasteiger partial charge is 0.395 e. The molecule has 2 rings (SSSR count). The standard InChI is InChI=1S/C17H19NO4S/c1-13-2-6-15(7-3-13)17(20)18-12-14-4-8-16(9-5-14)23(21,22)11-10-19/h2-9,19H,10-12H2,1H3,(H,18,20). The first-order chi connectivity index (χ1) is 10.9. The quantitative estimate of drug-likeness (QED) is 0.843. The molecular weight excluding hydrogens is 314 g/mol. The fourth-order valence-corrected chi connectivity index (χ4v) is 3.07. The summed E-state index contributed by atoms with van der Waals surface area (Å²) in [5.74, 6) is -0.474. The summed E-state index contributed by atoms with van der Waals surface area (Å²) in [5.41, 5.74) is 2.47. The Morgan fingerprint density at radius 2 is 1.65 bits per heavy atom. The van der Waals surface area contributed by atoms with Crippen LogP contribution in [-0.2, 0) is 16.4 Å². The van der Waals surface area contributed by atoms with Crippen LogP contribution in [0.5, 0.6) is 0 Å². The van der Waals surface area contributed by atoms with Crippen molar-refractivity contribution >= 4 is 15.7 Å². The molecular formula is C17H19NO4S. The average molecular weight is 333 g/mol. The van der Waals surface area contributed by atoms with Gasteiger partial charge in [-0.1, -0.05) is 29.8 Å². The van der Waals surface area contributed by atoms with Gasteiger partial charge in [0.1, 0.15) is 0 Å². The van der Waals surface area contributed by atoms with Crippen LogP contribution < -0.4 is 5.32 Å². The maximum atomic E-state index is 12.0. The van der Waals surface area contributed by atoms with Gasteiger partial charge in [0.05, 0.1) is 17.3 Å². The van der Waals surface area contributed by atoms with Crippen LogP contribution in [0.4, 0.5) is 0 Å². The normalized spacial score (nSPS) is 11.2. The zero-order valence-corrected chi connectivity index (χ0v) is 13.6. The molecule has 0 aliphatic heterocycles. The zero-order chi connectivity index (χ0) is 16.9. The summed E-state index contributed by atoms with van der Waals surface area (Å²) in [6, 6.07) is 13.5. The molecule has 2 aromatic carbocycles. The summed E-state index contributed by atoms with van der Waals surface area (Å²) in [4.78, 5) is 12.2. The van der Waals surface area contributed by atoms with Crippen LogP contribution in [0.1, 0.15) is 21.5 Å². The number of nitrogens with one attached hydrogen (secondary N) is 1. The monoisotopic (exact) mass is 333 g/mol. The molecule has 122 valence electrons. The van der Waals surface area contributed by atoms with Gasteiger partial charge in [0.25, 0.3) is 5.91 Å². The molecule has 1 amide bonds. The molecule has 0 atom stereocenters. The Labute approximate surface area is 135 Å². The van der Waals surface area contributed by atoms with Crippen molar-refractivity contribution in [3.05, 3.63) is 65.2 Å². The molecule has 2 aromatic rings. The summed E-state index contributed by atoms with van der Waals surface area (Å²) in [6.45, 7) is 1.86. The first-order valence-corrected chi connectivity index (χ1v) is 8.85. The van der Waals surface area contributed by atoms with Crippen molar-refractivity contribution in [2.24, 2.45) is 0 Å². The average Bonchev–Trinajstić information content (AvgIpc) is 2.53. The fraction of sp³-hybridized carbons (Fsp3) is 0.235. The van der Waals surface area contributed by atoms with Crippen molar-refractivity contribution in [1.82, 2.24) is 5.32 Å². The Kier molecular flexibility index (Phi) is 5.52. The Morgan fingerprint density at radius 3 is 2.22 bits per heavy atom. The van der Waals surface area contributed by atoms with Crippen LogP contribution in [0.15, 0.2) is 53.4 Å². The van der Waals surface area contributed by atoms with Gasteiger partial charge in [0, 0.05) is 12.1 Å². The highest BCUT2D eigenvalue weighted by atomic mass is 32.2. The second-order valence-electron chi connectivity index (χ2n) is 5.24. The van der Waals surface area contributed by atoms with Crippen LogP contribution in [0.25, 0.3) is 0 Å². The third-order valence-electron chi connectivity index (χ3n) is 3.41. The second kappa shape index (κ2) is 7.39. The molecule has 0 saturated heterocycles. The van der Waals surface area contributed by atoms with E-state index in [0.717, 1.165) is 11.1 Å². The van der Waals surface area contributed by atoms with E-state index in [4.69, 9.17) is 5.11 Å². The number of aliphatic hydroxyl groups excluding tert-OH is 1. The number of sulfone groups is 1. The van der Waals surface area contributed by atoms with Gasteiger partial charge in [-0.15, -0.1) is 0 Å². The van der Waals surface area contributed by atoms with E-state index >= 15 is 0 Å². The summed E-state index contributed by atoms with van der Waals surface area (Å²) in [7, 11) is -3.44. The van der Waals surface area contributed by atoms with Crippen LogP contribution in [-0.4, -0.2) is 31.8 Å². The first-order valence-electron chi connectivity index (χ1n) is 7.20. The SMILES string of the molecule is Cc1ccc(C(=O)NCc2ccc(S(=O)(=O)CCO)cc2)cc1. The van der Waals surface area contributed by atoms with Crippen molar-refractivity contribution in [3.8, 4) is 0 Å². The zero-order valence-electron chi connectivity index (χ0n) is 12.8. The third kappa shape index (κ3) is 4.64. The van der Waals surface area contributed by atoms with Crippen LogP contribution >= 0.6 is 0 Å². The molecule has 0 saturated carbocycles. The minimum Gasteiger partial charge on any atom is -0.395 e. The van der Waals surface area contributed by atoms with Gasteiger partial charge in [0.15, 0.2) is 9.84 Å². The molecule has 0 heterocycles. The van der Waals surface area contributed by atoms with Crippen LogP contribution in [0.3, 0.4) is 0 Å². The van der Waals surface area contributed by atoms with Crippen LogP contribution in [0, 0.1) is 6.92 Å². The number of aryl methyl sites for hydroxylation is 1. The van der Waals surface area contributed by atoms with E-state index in [-0.39, 0.29) is 16.6 Å². The molecule has 0 bridgehead atoms. The lowest BCUT2D eigenvalue weighted by molar-refractivity contribution is 0.0951. The Balaban J connectivity index is 1.99. The summed E-state index contributed by atoms with van der Waals surface area (Å²) < 4.78 is 23.6. The predicted molar refractivity (Wildman–Crippen MR) is 87.9 cm³/mol. The van der Waals surface area contributed by atoms with Crippen molar-refractivity contribution in [2.75, 3.05) is 12.4 Å². The van der Waals surface area contributed by atoms with Gasteiger partial charge in [0.2, 0.25) is 0 Å². The molecule has 0 aromatic heterocycles. The minimum absolute atomic E-state index is 0.167. The molecule has 6 heteroatoms. The fourth-order valence-electron chi connectivity index (χ4n) is 2.04. The number of benzene rings is 2. The lowest BCUT2D eigenvalue weighted by Gasteiger charge is -2.07. The van der Waals surface area contributed by atoms with Gasteiger partial charge in [-0.25, -0.2) is 8.42 Å². The summed E-state index contributed by atoms with van der Waals surface area (Å²) in [5, 5.41) is 11.6. The third-order valence-corrected chi connectivity index (χ3v) is 5.12. The number of hydrogen-bond donors (Lipinski definition) is 2. The van der Waals surface area contributed by atoms with Gasteiger partial charge in [-0.2, -0.15) is 0 Å². The van der Waals surface area contributed by atoms with Gasteiger partial charge < -0.3 is 10.4 Å². The highest BCUT2D eigenvalue weighted by Crippen LogP contribution is 2.12. The van der Waals surface area contributed by atoms with E-state index in [9.17, 15) is 13.2 Å². The van der Waals surface area contributed by atoms with E-state index in [0.29, 0.717) is 12.1 Å². The first kappa shape index (κ1) is 17.2. The van der Waals surface area contributed by atoms with Crippen molar-refractivity contribution in [2.45, 2.75) is 18.4 Å². The number of carbonyl (C=O) groups excluding carboxylic acids is 1. The van der Waals surface area contributed by atoms with Gasteiger partial charge in [-0.3, -0.25) is 4.79 Å². The van der Waals surface area contributed by atoms with E-state index in [1.54, 1.807) is 24.3 Å². The molecule has 0 aliphatic carbocycles. The van der Waals surface area contributed by atoms with Crippen molar-refractivity contribution < 1.29 is 18.3 Å². The van der Waals surface area contributed by atoms with Crippen molar-refractivity contribution in [1.29, 1.82) is 0 Å². The predicted octanol–water partition coefficient (Wildman–Crippen LogP) is 1.69. The Morgan fingerprint density at radius 1 is 1.04 bits per heavy atom. The highest BCUT2D eigenvalue weighted by molar-refractivity contribution is 7.91.